The summed E-state index contributed by atoms with van der Waals surface area (Å²) in [6, 6.07) is 1.19. The Kier molecular flexibility index (Phi) is 6.57. The zero-order valence-electron chi connectivity index (χ0n) is 18.1. The maximum atomic E-state index is 12.5. The molecule has 5 aromatic rings. The number of aliphatic hydroxyl groups is 1. The highest BCUT2D eigenvalue weighted by molar-refractivity contribution is 6.33. The van der Waals surface area contributed by atoms with E-state index in [4.69, 9.17) is 32.4 Å². The van der Waals surface area contributed by atoms with E-state index in [1.165, 1.54) is 25.0 Å². The second-order valence-electron chi connectivity index (χ2n) is 7.56. The van der Waals surface area contributed by atoms with Gasteiger partial charge in [-0.1, -0.05) is 23.2 Å². The molecule has 0 aliphatic rings. The number of hydrogen-bond donors (Lipinski definition) is 1. The van der Waals surface area contributed by atoms with Crippen molar-refractivity contribution in [3.05, 3.63) is 63.9 Å². The molecule has 1 N–H and O–H groups in total. The van der Waals surface area contributed by atoms with Crippen LogP contribution in [0.1, 0.15) is 31.3 Å². The van der Waals surface area contributed by atoms with Gasteiger partial charge < -0.3 is 18.8 Å². The van der Waals surface area contributed by atoms with Crippen LogP contribution in [0.4, 0.5) is 0 Å². The zero-order chi connectivity index (χ0) is 24.4. The molecule has 0 saturated carbocycles. The van der Waals surface area contributed by atoms with Crippen molar-refractivity contribution in [2.75, 3.05) is 0 Å². The summed E-state index contributed by atoms with van der Waals surface area (Å²) in [4.78, 5) is 37.5. The maximum Gasteiger partial charge on any atom is 0.227 e. The first-order valence-electron chi connectivity index (χ1n) is 10.6. The molecule has 0 radical (unpaired) electrons. The molecule has 0 fully saturated rings. The fourth-order valence-electron chi connectivity index (χ4n) is 3.66. The third kappa shape index (κ3) is 4.67. The Morgan fingerprint density at radius 3 is 2.43 bits per heavy atom. The minimum Gasteiger partial charge on any atom is -0.463 e. The number of imidazole rings is 2. The van der Waals surface area contributed by atoms with Gasteiger partial charge in [-0.2, -0.15) is 0 Å². The lowest BCUT2D eigenvalue weighted by Crippen LogP contribution is -2.19. The molecule has 0 aliphatic heterocycles. The smallest absolute Gasteiger partial charge is 0.227 e. The molecule has 1 atom stereocenters. The summed E-state index contributed by atoms with van der Waals surface area (Å²) < 4.78 is 14.9. The molecule has 0 saturated heterocycles. The molecule has 12 nitrogen and oxygen atoms in total. The average molecular weight is 517 g/mol. The third-order valence-corrected chi connectivity index (χ3v) is 5.91. The molecule has 0 aromatic carbocycles. The van der Waals surface area contributed by atoms with E-state index in [1.54, 1.807) is 17.2 Å². The lowest BCUT2D eigenvalue weighted by Gasteiger charge is -2.20. The monoisotopic (exact) mass is 516 g/mol. The van der Waals surface area contributed by atoms with Crippen LogP contribution in [-0.4, -0.2) is 44.1 Å². The van der Waals surface area contributed by atoms with Gasteiger partial charge in [0.05, 0.1) is 6.33 Å². The van der Waals surface area contributed by atoms with E-state index in [0.717, 1.165) is 6.42 Å². The van der Waals surface area contributed by atoms with E-state index in [0.29, 0.717) is 46.9 Å². The Bertz CT molecular complexity index is 1550. The summed E-state index contributed by atoms with van der Waals surface area (Å²) in [6.45, 7) is 0.252. The largest absolute Gasteiger partial charge is 0.463 e. The van der Waals surface area contributed by atoms with Crippen molar-refractivity contribution in [3.8, 4) is 5.75 Å². The van der Waals surface area contributed by atoms with Gasteiger partial charge in [-0.05, 0) is 12.8 Å². The quantitative estimate of drug-likeness (QED) is 0.228. The maximum absolute atomic E-state index is 12.5. The molecule has 0 amide bonds. The second-order valence-corrected chi connectivity index (χ2v) is 8.28. The molecular formula is C21H18Cl2N8O4. The van der Waals surface area contributed by atoms with E-state index < -0.39 is 11.7 Å². The van der Waals surface area contributed by atoms with E-state index in [2.05, 4.69) is 29.9 Å². The van der Waals surface area contributed by atoms with Crippen LogP contribution in [0.3, 0.4) is 0 Å². The van der Waals surface area contributed by atoms with Crippen LogP contribution >= 0.6 is 23.2 Å². The number of rotatable bonds is 9. The Balaban J connectivity index is 1.36. The molecule has 0 bridgehead atoms. The fraction of sp³-hybridized carbons (Fsp3) is 0.286. The molecular weight excluding hydrogens is 499 g/mol. The molecule has 5 heterocycles. The Morgan fingerprint density at radius 2 is 1.69 bits per heavy atom. The van der Waals surface area contributed by atoms with Crippen molar-refractivity contribution in [2.45, 2.75) is 38.6 Å². The van der Waals surface area contributed by atoms with Gasteiger partial charge in [0.2, 0.25) is 11.2 Å². The summed E-state index contributed by atoms with van der Waals surface area (Å²) >= 11 is 12.2. The zero-order valence-corrected chi connectivity index (χ0v) is 19.6. The molecule has 5 aromatic heterocycles. The first-order chi connectivity index (χ1) is 17.0. The first kappa shape index (κ1) is 23.1. The highest BCUT2D eigenvalue weighted by Gasteiger charge is 2.20. The third-order valence-electron chi connectivity index (χ3n) is 5.35. The van der Waals surface area contributed by atoms with Gasteiger partial charge in [-0.3, -0.25) is 9.36 Å². The Hall–Kier alpha value is -3.61. The standard InChI is InChI=1S/C21H18Cl2N8O4/c22-18-16-20(26-8-24-18)30(10-28-16)4-2-1-3-15(35-14-7-34-12(6-32)5-13(14)33)31-11-29-17-19(23)25-9-27-21(17)31/h5,7-11,15,32H,1-4,6H2. The van der Waals surface area contributed by atoms with Crippen molar-refractivity contribution in [1.82, 2.24) is 39.0 Å². The Labute approximate surface area is 207 Å². The van der Waals surface area contributed by atoms with Crippen LogP contribution in [0.5, 0.6) is 5.75 Å². The van der Waals surface area contributed by atoms with E-state index in [1.807, 2.05) is 4.57 Å². The average Bonchev–Trinajstić information content (AvgIpc) is 3.48. The van der Waals surface area contributed by atoms with Gasteiger partial charge in [0.1, 0.15) is 48.6 Å². The van der Waals surface area contributed by atoms with Gasteiger partial charge >= 0.3 is 0 Å². The summed E-state index contributed by atoms with van der Waals surface area (Å²) in [6.07, 6.45) is 8.48. The predicted molar refractivity (Wildman–Crippen MR) is 125 cm³/mol. The molecule has 1 unspecified atom stereocenters. The topological polar surface area (TPSA) is 147 Å². The van der Waals surface area contributed by atoms with Crippen molar-refractivity contribution in [3.63, 3.8) is 0 Å². The van der Waals surface area contributed by atoms with Crippen molar-refractivity contribution < 1.29 is 14.3 Å². The minimum absolute atomic E-state index is 0.00106. The number of halogens is 2. The van der Waals surface area contributed by atoms with Crippen LogP contribution in [0.25, 0.3) is 22.3 Å². The van der Waals surface area contributed by atoms with Gasteiger partial charge in [0.15, 0.2) is 27.8 Å². The molecule has 0 aliphatic carbocycles. The van der Waals surface area contributed by atoms with Crippen molar-refractivity contribution in [1.29, 1.82) is 0 Å². The van der Waals surface area contributed by atoms with Crippen molar-refractivity contribution in [2.24, 2.45) is 0 Å². The summed E-state index contributed by atoms with van der Waals surface area (Å²) in [5, 5.41) is 9.72. The van der Waals surface area contributed by atoms with Gasteiger partial charge in [-0.15, -0.1) is 0 Å². The predicted octanol–water partition coefficient (Wildman–Crippen LogP) is 3.17. The number of aryl methyl sites for hydroxylation is 1. The highest BCUT2D eigenvalue weighted by atomic mass is 35.5. The van der Waals surface area contributed by atoms with Gasteiger partial charge in [0.25, 0.3) is 0 Å². The summed E-state index contributed by atoms with van der Waals surface area (Å²) in [7, 11) is 0. The van der Waals surface area contributed by atoms with Crippen LogP contribution < -0.4 is 10.2 Å². The van der Waals surface area contributed by atoms with Gasteiger partial charge in [0, 0.05) is 19.0 Å². The van der Waals surface area contributed by atoms with Gasteiger partial charge in [-0.25, -0.2) is 29.9 Å². The number of ether oxygens (including phenoxy) is 1. The number of unbranched alkanes of at least 4 members (excludes halogenated alkanes) is 1. The molecule has 180 valence electrons. The van der Waals surface area contributed by atoms with Crippen LogP contribution in [-0.2, 0) is 13.2 Å². The van der Waals surface area contributed by atoms with E-state index in [-0.39, 0.29) is 23.3 Å². The number of fused-ring (bicyclic) bond motifs is 2. The number of hydrogen-bond acceptors (Lipinski definition) is 10. The van der Waals surface area contributed by atoms with E-state index in [9.17, 15) is 9.90 Å². The highest BCUT2D eigenvalue weighted by Crippen LogP contribution is 2.26. The number of aromatic nitrogens is 8. The van der Waals surface area contributed by atoms with Crippen molar-refractivity contribution >= 4 is 45.5 Å². The molecule has 35 heavy (non-hydrogen) atoms. The molecule has 5 rings (SSSR count). The van der Waals surface area contributed by atoms with Crippen LogP contribution in [0, 0.1) is 0 Å². The molecule has 14 heteroatoms. The Morgan fingerprint density at radius 1 is 0.971 bits per heavy atom. The lowest BCUT2D eigenvalue weighted by atomic mass is 10.2. The van der Waals surface area contributed by atoms with Crippen LogP contribution in [0.2, 0.25) is 10.3 Å². The first-order valence-corrected chi connectivity index (χ1v) is 11.3. The number of nitrogens with zero attached hydrogens (tertiary/aromatic N) is 8. The minimum atomic E-state index is -0.634. The second kappa shape index (κ2) is 9.94. The normalized spacial score (nSPS) is 12.4. The fourth-order valence-corrected chi connectivity index (χ4v) is 4.01. The van der Waals surface area contributed by atoms with E-state index >= 15 is 0 Å². The summed E-state index contributed by atoms with van der Waals surface area (Å²) in [5.74, 6) is 0.143. The lowest BCUT2D eigenvalue weighted by molar-refractivity contribution is 0.116. The molecule has 0 spiro atoms. The SMILES string of the molecule is O=c1cc(CO)occ1OC(CCCCn1cnc2c(Cl)ncnc21)n1cnc2c(Cl)ncnc21. The number of aliphatic hydroxyl groups excluding tert-OH is 1. The van der Waals surface area contributed by atoms with Crippen LogP contribution in [0.15, 0.2) is 46.9 Å². The summed E-state index contributed by atoms with van der Waals surface area (Å²) in [5.41, 5.74) is 1.69.